The van der Waals surface area contributed by atoms with E-state index in [1.807, 2.05) is 24.3 Å². The van der Waals surface area contributed by atoms with Gasteiger partial charge in [0, 0.05) is 22.4 Å². The van der Waals surface area contributed by atoms with E-state index in [4.69, 9.17) is 16.3 Å². The van der Waals surface area contributed by atoms with Crippen LogP contribution in [0.15, 0.2) is 24.3 Å². The van der Waals surface area contributed by atoms with Crippen molar-refractivity contribution in [1.29, 1.82) is 0 Å². The highest BCUT2D eigenvalue weighted by atomic mass is 35.5. The van der Waals surface area contributed by atoms with Crippen molar-refractivity contribution < 1.29 is 23.9 Å². The number of amides is 3. The van der Waals surface area contributed by atoms with Gasteiger partial charge >= 0.3 is 6.09 Å². The van der Waals surface area contributed by atoms with Gasteiger partial charge in [0.1, 0.15) is 18.4 Å². The SMILES string of the molecule is O=CC(CC1CC2(CCCCC2)NC1=O)NC(=O)[C@H](CC1CCCCC1)NC(=O)OC1CCCC1Cc1cccc(Cl)c1. The minimum Gasteiger partial charge on any atom is -0.446 e. The molecule has 1 aromatic carbocycles. The van der Waals surface area contributed by atoms with Gasteiger partial charge in [-0.2, -0.15) is 0 Å². The molecule has 1 spiro atoms. The Bertz CT molecular complexity index is 1130. The summed E-state index contributed by atoms with van der Waals surface area (Å²) in [7, 11) is 0. The number of carbonyl (C=O) groups is 4. The van der Waals surface area contributed by atoms with Crippen molar-refractivity contribution in [1.82, 2.24) is 16.0 Å². The molecule has 0 radical (unpaired) electrons. The molecule has 9 heteroatoms. The molecule has 3 aliphatic carbocycles. The fourth-order valence-corrected chi connectivity index (χ4v) is 8.34. The highest BCUT2D eigenvalue weighted by Crippen LogP contribution is 2.39. The van der Waals surface area contributed by atoms with Crippen LogP contribution in [0.5, 0.6) is 0 Å². The first-order chi connectivity index (χ1) is 20.8. The summed E-state index contributed by atoms with van der Waals surface area (Å²) >= 11 is 6.18. The molecule has 5 atom stereocenters. The molecule has 3 amide bonds. The molecule has 236 valence electrons. The quantitative estimate of drug-likeness (QED) is 0.264. The lowest BCUT2D eigenvalue weighted by molar-refractivity contribution is -0.127. The van der Waals surface area contributed by atoms with Crippen molar-refractivity contribution in [2.45, 2.75) is 133 Å². The van der Waals surface area contributed by atoms with E-state index in [9.17, 15) is 19.2 Å². The molecule has 3 saturated carbocycles. The second-order valence-corrected chi connectivity index (χ2v) is 14.1. The smallest absolute Gasteiger partial charge is 0.408 e. The Labute approximate surface area is 260 Å². The summed E-state index contributed by atoms with van der Waals surface area (Å²) in [5.41, 5.74) is 0.963. The van der Waals surface area contributed by atoms with Crippen LogP contribution >= 0.6 is 11.6 Å². The maximum atomic E-state index is 13.6. The minimum atomic E-state index is -0.798. The van der Waals surface area contributed by atoms with Gasteiger partial charge in [0.05, 0.1) is 6.04 Å². The lowest BCUT2D eigenvalue weighted by atomic mass is 9.78. The van der Waals surface area contributed by atoms with E-state index in [1.165, 1.54) is 12.8 Å². The second-order valence-electron chi connectivity index (χ2n) is 13.6. The van der Waals surface area contributed by atoms with Crippen LogP contribution in [0.1, 0.15) is 108 Å². The normalized spacial score (nSPS) is 26.8. The van der Waals surface area contributed by atoms with E-state index < -0.39 is 18.2 Å². The monoisotopic (exact) mass is 613 g/mol. The number of hydrogen-bond acceptors (Lipinski definition) is 5. The zero-order valence-electron chi connectivity index (χ0n) is 25.3. The summed E-state index contributed by atoms with van der Waals surface area (Å²) in [6.45, 7) is 0. The highest BCUT2D eigenvalue weighted by molar-refractivity contribution is 6.30. The Balaban J connectivity index is 1.19. The van der Waals surface area contributed by atoms with Gasteiger partial charge in [0.2, 0.25) is 11.8 Å². The van der Waals surface area contributed by atoms with Gasteiger partial charge in [0.25, 0.3) is 0 Å². The predicted molar refractivity (Wildman–Crippen MR) is 166 cm³/mol. The first-order valence-corrected chi connectivity index (χ1v) is 17.0. The average molecular weight is 614 g/mol. The van der Waals surface area contributed by atoms with Crippen LogP contribution in [0.4, 0.5) is 4.79 Å². The summed E-state index contributed by atoms with van der Waals surface area (Å²) in [5.74, 6) is -0.186. The molecule has 4 fully saturated rings. The topological polar surface area (TPSA) is 114 Å². The third kappa shape index (κ3) is 8.74. The van der Waals surface area contributed by atoms with Crippen molar-refractivity contribution in [2.75, 3.05) is 0 Å². The number of benzene rings is 1. The fourth-order valence-electron chi connectivity index (χ4n) is 8.12. The van der Waals surface area contributed by atoms with E-state index in [-0.39, 0.29) is 41.7 Å². The number of nitrogens with one attached hydrogen (secondary N) is 3. The number of halogens is 1. The van der Waals surface area contributed by atoms with E-state index in [0.717, 1.165) is 88.9 Å². The highest BCUT2D eigenvalue weighted by Gasteiger charge is 2.45. The summed E-state index contributed by atoms with van der Waals surface area (Å²) < 4.78 is 5.93. The van der Waals surface area contributed by atoms with Crippen molar-refractivity contribution in [2.24, 2.45) is 17.8 Å². The van der Waals surface area contributed by atoms with Crippen molar-refractivity contribution in [3.05, 3.63) is 34.9 Å². The molecular formula is C34H48ClN3O5. The lowest BCUT2D eigenvalue weighted by Crippen LogP contribution is -2.52. The zero-order chi connectivity index (χ0) is 30.2. The molecule has 1 saturated heterocycles. The summed E-state index contributed by atoms with van der Waals surface area (Å²) in [5, 5.41) is 9.65. The molecule has 4 aliphatic rings. The Morgan fingerprint density at radius 1 is 1.00 bits per heavy atom. The predicted octanol–water partition coefficient (Wildman–Crippen LogP) is 6.03. The maximum absolute atomic E-state index is 13.6. The van der Waals surface area contributed by atoms with E-state index in [0.29, 0.717) is 23.8 Å². The van der Waals surface area contributed by atoms with Crippen LogP contribution in [-0.4, -0.2) is 47.9 Å². The van der Waals surface area contributed by atoms with E-state index in [1.54, 1.807) is 0 Å². The largest absolute Gasteiger partial charge is 0.446 e. The fraction of sp³-hybridized carbons (Fsp3) is 0.706. The van der Waals surface area contributed by atoms with Gasteiger partial charge in [0.15, 0.2) is 0 Å². The number of hydrogen-bond donors (Lipinski definition) is 3. The van der Waals surface area contributed by atoms with Gasteiger partial charge < -0.3 is 25.5 Å². The summed E-state index contributed by atoms with van der Waals surface area (Å²) in [6, 6.07) is 6.19. The van der Waals surface area contributed by atoms with Crippen molar-refractivity contribution >= 4 is 35.8 Å². The molecule has 43 heavy (non-hydrogen) atoms. The number of aldehydes is 1. The first kappa shape index (κ1) is 31.8. The van der Waals surface area contributed by atoms with E-state index in [2.05, 4.69) is 16.0 Å². The van der Waals surface area contributed by atoms with Gasteiger partial charge in [-0.25, -0.2) is 4.79 Å². The molecule has 1 heterocycles. The van der Waals surface area contributed by atoms with Gasteiger partial charge in [-0.1, -0.05) is 75.1 Å². The summed E-state index contributed by atoms with van der Waals surface area (Å²) in [4.78, 5) is 51.7. The van der Waals surface area contributed by atoms with Gasteiger partial charge in [-0.3, -0.25) is 9.59 Å². The molecular weight excluding hydrogens is 566 g/mol. The second kappa shape index (κ2) is 14.9. The molecule has 1 aliphatic heterocycles. The Morgan fingerprint density at radius 3 is 2.51 bits per heavy atom. The van der Waals surface area contributed by atoms with Crippen LogP contribution in [0, 0.1) is 17.8 Å². The molecule has 0 aromatic heterocycles. The number of carbonyl (C=O) groups excluding carboxylic acids is 4. The Kier molecular flexibility index (Phi) is 11.0. The third-order valence-electron chi connectivity index (χ3n) is 10.4. The van der Waals surface area contributed by atoms with Crippen molar-refractivity contribution in [3.8, 4) is 0 Å². The van der Waals surface area contributed by atoms with Crippen molar-refractivity contribution in [3.63, 3.8) is 0 Å². The van der Waals surface area contributed by atoms with Crippen LogP contribution in [0.25, 0.3) is 0 Å². The van der Waals surface area contributed by atoms with Crippen LogP contribution in [0.3, 0.4) is 0 Å². The molecule has 3 N–H and O–H groups in total. The standard InChI is InChI=1S/C34H48ClN3O5/c35-27-13-7-11-24(18-27)17-25-12-8-14-30(25)43-33(42)37-29(19-23-9-3-1-4-10-23)32(41)36-28(22-39)20-26-21-34(38-31(26)40)15-5-2-6-16-34/h7,11,13,18,22-23,25-26,28-30H,1-6,8-10,12,14-17,19-21H2,(H,36,41)(H,37,42)(H,38,40)/t25?,26?,28?,29-,30?/m0/s1. The minimum absolute atomic E-state index is 0.0210. The molecule has 4 unspecified atom stereocenters. The van der Waals surface area contributed by atoms with Gasteiger partial charge in [-0.05, 0) is 81.4 Å². The van der Waals surface area contributed by atoms with Crippen LogP contribution < -0.4 is 16.0 Å². The third-order valence-corrected chi connectivity index (χ3v) is 10.6. The van der Waals surface area contributed by atoms with Crippen LogP contribution in [0.2, 0.25) is 5.02 Å². The molecule has 5 rings (SSSR count). The number of ether oxygens (including phenoxy) is 1. The Hall–Kier alpha value is -2.61. The summed E-state index contributed by atoms with van der Waals surface area (Å²) in [6.07, 6.45) is 15.7. The van der Waals surface area contributed by atoms with E-state index >= 15 is 0 Å². The average Bonchev–Trinajstić information content (AvgIpc) is 3.55. The molecule has 8 nitrogen and oxygen atoms in total. The number of alkyl carbamates (subject to hydrolysis) is 1. The number of rotatable bonds is 11. The Morgan fingerprint density at radius 2 is 1.77 bits per heavy atom. The lowest BCUT2D eigenvalue weighted by Gasteiger charge is -2.33. The zero-order valence-corrected chi connectivity index (χ0v) is 26.0. The molecule has 0 bridgehead atoms. The van der Waals surface area contributed by atoms with Gasteiger partial charge in [-0.15, -0.1) is 0 Å². The first-order valence-electron chi connectivity index (χ1n) is 16.6. The molecule has 1 aromatic rings. The van der Waals surface area contributed by atoms with Crippen LogP contribution in [-0.2, 0) is 25.5 Å². The maximum Gasteiger partial charge on any atom is 0.408 e.